The minimum Gasteiger partial charge on any atom is -0.350 e. The number of carbonyl (C=O) groups is 2. The Morgan fingerprint density at radius 3 is 2.45 bits per heavy atom. The number of nitrogens with one attached hydrogen (secondary N) is 2. The third-order valence-corrected chi connectivity index (χ3v) is 9.68. The molecule has 1 aliphatic carbocycles. The summed E-state index contributed by atoms with van der Waals surface area (Å²) < 4.78 is 0. The number of aryl methyl sites for hydroxylation is 1. The van der Waals surface area contributed by atoms with Gasteiger partial charge in [-0.25, -0.2) is 0 Å². The number of hydrogen-bond acceptors (Lipinski definition) is 11. The molecule has 5 rings (SSSR count). The fourth-order valence-corrected chi connectivity index (χ4v) is 7.39. The zero-order valence-electron chi connectivity index (χ0n) is 24.3. The van der Waals surface area contributed by atoms with Gasteiger partial charge in [0, 0.05) is 11.8 Å². The van der Waals surface area contributed by atoms with E-state index in [9.17, 15) is 14.9 Å². The molecule has 3 unspecified atom stereocenters. The molecule has 1 amide bonds. The lowest BCUT2D eigenvalue weighted by molar-refractivity contribution is -0.115. The summed E-state index contributed by atoms with van der Waals surface area (Å²) in [5.74, 6) is 0.221. The Morgan fingerprint density at radius 1 is 1.00 bits per heavy atom. The first-order chi connectivity index (χ1) is 21.5. The van der Waals surface area contributed by atoms with E-state index in [-0.39, 0.29) is 24.2 Å². The molecule has 0 saturated heterocycles. The number of rotatable bonds is 12. The first kappa shape index (κ1) is 30.9. The third-order valence-electron chi connectivity index (χ3n) is 7.66. The summed E-state index contributed by atoms with van der Waals surface area (Å²) in [4.78, 5) is 24.5. The summed E-state index contributed by atoms with van der Waals surface area (Å²) in [5.41, 5.74) is 3.90. The molecule has 2 aromatic heterocycles. The van der Waals surface area contributed by atoms with Gasteiger partial charge in [-0.1, -0.05) is 66.7 Å². The molecule has 0 spiro atoms. The van der Waals surface area contributed by atoms with E-state index in [1.165, 1.54) is 22.7 Å². The monoisotopic (exact) mass is 624 g/mol. The van der Waals surface area contributed by atoms with Gasteiger partial charge in [-0.05, 0) is 67.0 Å². The van der Waals surface area contributed by atoms with Crippen LogP contribution < -0.4 is 10.6 Å². The number of aldehydes is 1. The Kier molecular flexibility index (Phi) is 10.4. The average molecular weight is 625 g/mol. The van der Waals surface area contributed by atoms with E-state index >= 15 is 0 Å². The summed E-state index contributed by atoms with van der Waals surface area (Å²) in [6.07, 6.45) is 7.15. The number of amides is 1. The van der Waals surface area contributed by atoms with Crippen LogP contribution in [0.3, 0.4) is 0 Å². The second kappa shape index (κ2) is 14.8. The Labute approximate surface area is 264 Å². The second-order valence-electron chi connectivity index (χ2n) is 10.9. The number of anilines is 2. The molecule has 12 heteroatoms. The van der Waals surface area contributed by atoms with Crippen LogP contribution >= 0.6 is 22.7 Å². The maximum Gasteiger partial charge on any atom is 0.230 e. The predicted octanol–water partition coefficient (Wildman–Crippen LogP) is 5.93. The van der Waals surface area contributed by atoms with Gasteiger partial charge in [-0.15, -0.1) is 20.4 Å². The van der Waals surface area contributed by atoms with E-state index < -0.39 is 6.04 Å². The minimum absolute atomic E-state index is 0.153. The lowest BCUT2D eigenvalue weighted by Gasteiger charge is -2.25. The van der Waals surface area contributed by atoms with Crippen molar-refractivity contribution in [3.63, 3.8) is 0 Å². The van der Waals surface area contributed by atoms with Gasteiger partial charge in [0.25, 0.3) is 0 Å². The molecule has 1 fully saturated rings. The summed E-state index contributed by atoms with van der Waals surface area (Å²) in [6.45, 7) is 2.08. The number of nitrogens with zero attached hydrogens (tertiary/aromatic N) is 6. The maximum atomic E-state index is 12.6. The van der Waals surface area contributed by atoms with Crippen molar-refractivity contribution >= 4 is 45.1 Å². The molecule has 0 bridgehead atoms. The van der Waals surface area contributed by atoms with E-state index in [0.717, 1.165) is 71.5 Å². The standard InChI is InChI=1S/C32H32N8O2S2/c1-2-5-23-11-10-21(13-26(23)18-34)14-27(19-41)35-31-39-37-29(43-31)24-8-4-9-25(16-24)30-38-40-32(44-30)36-28(42)15-20-6-3-7-22(12-20)17-33/h3,6-7,10-13,19,24-25,27H,2,4-5,8-9,14-16H2,1H3,(H,35,39)(H,36,40,42). The van der Waals surface area contributed by atoms with E-state index in [0.29, 0.717) is 27.8 Å². The zero-order chi connectivity index (χ0) is 30.9. The number of aromatic nitrogens is 4. The molecular weight excluding hydrogens is 593 g/mol. The molecule has 2 N–H and O–H groups in total. The highest BCUT2D eigenvalue weighted by Gasteiger charge is 2.29. The fraction of sp³-hybridized carbons (Fsp3) is 0.375. The van der Waals surface area contributed by atoms with Crippen molar-refractivity contribution in [2.24, 2.45) is 0 Å². The number of carbonyl (C=O) groups excluding carboxylic acids is 2. The van der Waals surface area contributed by atoms with Crippen LogP contribution in [-0.2, 0) is 28.9 Å². The van der Waals surface area contributed by atoms with Gasteiger partial charge >= 0.3 is 0 Å². The Bertz CT molecular complexity index is 1700. The van der Waals surface area contributed by atoms with Gasteiger partial charge in [0.2, 0.25) is 16.2 Å². The molecule has 4 aromatic rings. The number of nitriles is 2. The highest BCUT2D eigenvalue weighted by Crippen LogP contribution is 2.43. The number of hydrogen-bond donors (Lipinski definition) is 2. The van der Waals surface area contributed by atoms with Crippen LogP contribution in [0.2, 0.25) is 0 Å². The summed E-state index contributed by atoms with van der Waals surface area (Å²) >= 11 is 2.87. The lowest BCUT2D eigenvalue weighted by atomic mass is 9.82. The van der Waals surface area contributed by atoms with E-state index in [1.54, 1.807) is 18.2 Å². The number of benzene rings is 2. The second-order valence-corrected chi connectivity index (χ2v) is 13.0. The molecule has 0 aliphatic heterocycles. The van der Waals surface area contributed by atoms with Crippen molar-refractivity contribution in [3.05, 3.63) is 80.3 Å². The van der Waals surface area contributed by atoms with Gasteiger partial charge in [-0.3, -0.25) is 4.79 Å². The molecule has 10 nitrogen and oxygen atoms in total. The van der Waals surface area contributed by atoms with Crippen molar-refractivity contribution in [1.29, 1.82) is 10.5 Å². The van der Waals surface area contributed by atoms with Gasteiger partial charge in [0.15, 0.2) is 0 Å². The molecule has 1 saturated carbocycles. The largest absolute Gasteiger partial charge is 0.350 e. The van der Waals surface area contributed by atoms with Gasteiger partial charge in [0.05, 0.1) is 35.7 Å². The molecule has 2 heterocycles. The first-order valence-electron chi connectivity index (χ1n) is 14.7. The smallest absolute Gasteiger partial charge is 0.230 e. The van der Waals surface area contributed by atoms with Crippen LogP contribution in [0.25, 0.3) is 0 Å². The topological polar surface area (TPSA) is 157 Å². The maximum absolute atomic E-state index is 12.6. The third kappa shape index (κ3) is 7.90. The van der Waals surface area contributed by atoms with Crippen LogP contribution in [0.1, 0.15) is 88.7 Å². The van der Waals surface area contributed by atoms with Crippen molar-refractivity contribution in [1.82, 2.24) is 20.4 Å². The van der Waals surface area contributed by atoms with Crippen LogP contribution in [-0.4, -0.2) is 38.6 Å². The normalized spacial score (nSPS) is 16.8. The molecule has 44 heavy (non-hydrogen) atoms. The first-order valence-corrected chi connectivity index (χ1v) is 16.3. The Hall–Kier alpha value is -4.52. The van der Waals surface area contributed by atoms with Crippen molar-refractivity contribution < 1.29 is 9.59 Å². The fourth-order valence-electron chi connectivity index (χ4n) is 5.53. The van der Waals surface area contributed by atoms with Crippen molar-refractivity contribution in [3.8, 4) is 12.1 Å². The van der Waals surface area contributed by atoms with E-state index in [2.05, 4.69) is 50.1 Å². The predicted molar refractivity (Wildman–Crippen MR) is 170 cm³/mol. The van der Waals surface area contributed by atoms with Crippen LogP contribution in [0.4, 0.5) is 10.3 Å². The van der Waals surface area contributed by atoms with Crippen LogP contribution in [0, 0.1) is 22.7 Å². The minimum atomic E-state index is -0.483. The lowest BCUT2D eigenvalue weighted by Crippen LogP contribution is -2.23. The van der Waals surface area contributed by atoms with Gasteiger partial charge < -0.3 is 15.4 Å². The highest BCUT2D eigenvalue weighted by molar-refractivity contribution is 7.15. The average Bonchev–Trinajstić information content (AvgIpc) is 3.71. The molecule has 0 radical (unpaired) electrons. The van der Waals surface area contributed by atoms with Crippen molar-refractivity contribution in [2.75, 3.05) is 10.6 Å². The quantitative estimate of drug-likeness (QED) is 0.182. The summed E-state index contributed by atoms with van der Waals surface area (Å²) in [5, 5.41) is 44.9. The SMILES string of the molecule is CCCc1ccc(CC(C=O)Nc2nnc(C3CCCC(c4nnc(NC(=O)Cc5cccc(C#N)c5)s4)C3)s2)cc1C#N. The van der Waals surface area contributed by atoms with Gasteiger partial charge in [0.1, 0.15) is 16.3 Å². The molecule has 224 valence electrons. The van der Waals surface area contributed by atoms with Crippen LogP contribution in [0.5, 0.6) is 0 Å². The summed E-state index contributed by atoms with van der Waals surface area (Å²) in [6, 6.07) is 16.7. The summed E-state index contributed by atoms with van der Waals surface area (Å²) in [7, 11) is 0. The molecular formula is C32H32N8O2S2. The molecule has 2 aromatic carbocycles. The van der Waals surface area contributed by atoms with E-state index in [1.807, 2.05) is 24.3 Å². The highest BCUT2D eigenvalue weighted by atomic mass is 32.1. The van der Waals surface area contributed by atoms with Crippen molar-refractivity contribution in [2.45, 2.75) is 76.2 Å². The Balaban J connectivity index is 1.16. The molecule has 3 atom stereocenters. The Morgan fingerprint density at radius 2 is 1.75 bits per heavy atom. The van der Waals surface area contributed by atoms with E-state index in [4.69, 9.17) is 5.26 Å². The zero-order valence-corrected chi connectivity index (χ0v) is 26.0. The van der Waals surface area contributed by atoms with Crippen LogP contribution in [0.15, 0.2) is 42.5 Å². The van der Waals surface area contributed by atoms with Gasteiger partial charge in [-0.2, -0.15) is 10.5 Å². The molecule has 1 aliphatic rings.